The van der Waals surface area contributed by atoms with Crippen LogP contribution in [0.5, 0.6) is 5.75 Å². The molecule has 4 rings (SSSR count). The highest BCUT2D eigenvalue weighted by atomic mass is 32.1. The highest BCUT2D eigenvalue weighted by molar-refractivity contribution is 7.20. The minimum Gasteiger partial charge on any atom is -0.481 e. The minimum atomic E-state index is -0.764. The van der Waals surface area contributed by atoms with Gasteiger partial charge in [0.1, 0.15) is 29.6 Å². The van der Waals surface area contributed by atoms with Crippen molar-refractivity contribution in [1.29, 1.82) is 5.41 Å². The molecule has 1 atom stereocenters. The maximum absolute atomic E-state index is 12.6. The van der Waals surface area contributed by atoms with E-state index in [-0.39, 0.29) is 29.9 Å². The van der Waals surface area contributed by atoms with Gasteiger partial charge in [-0.05, 0) is 30.7 Å². The number of aryl methyl sites for hydroxylation is 1. The first kappa shape index (κ1) is 23.8. The third-order valence-electron chi connectivity index (χ3n) is 4.97. The number of nitrogen functional groups attached to an aromatic ring is 1. The molecule has 0 bridgehead atoms. The highest BCUT2D eigenvalue weighted by Gasteiger charge is 2.21. The van der Waals surface area contributed by atoms with Gasteiger partial charge in [0, 0.05) is 17.0 Å². The SMILES string of the molecule is CC(=O)Nc1onc(C)c1NC(=O)OCC(Oc1cccc2sc(C(=N)N)cc12)c1ccccc1. The molecule has 0 fully saturated rings. The van der Waals surface area contributed by atoms with E-state index in [4.69, 9.17) is 25.1 Å². The molecule has 4 aromatic rings. The quantitative estimate of drug-likeness (QED) is 0.203. The summed E-state index contributed by atoms with van der Waals surface area (Å²) in [6.07, 6.45) is -1.38. The van der Waals surface area contributed by atoms with Crippen LogP contribution in [0.3, 0.4) is 0 Å². The lowest BCUT2D eigenvalue weighted by Crippen LogP contribution is -2.22. The number of nitrogens with two attached hydrogens (primary N) is 1. The van der Waals surface area contributed by atoms with Crippen molar-refractivity contribution >= 4 is 50.8 Å². The molecule has 0 aliphatic carbocycles. The van der Waals surface area contributed by atoms with E-state index in [1.807, 2.05) is 54.6 Å². The normalized spacial score (nSPS) is 11.6. The second-order valence-electron chi connectivity index (χ2n) is 7.59. The van der Waals surface area contributed by atoms with Gasteiger partial charge < -0.3 is 19.7 Å². The van der Waals surface area contributed by atoms with E-state index in [1.165, 1.54) is 18.3 Å². The lowest BCUT2D eigenvalue weighted by molar-refractivity contribution is -0.114. The van der Waals surface area contributed by atoms with E-state index in [2.05, 4.69) is 15.8 Å². The first-order valence-corrected chi connectivity index (χ1v) is 11.4. The summed E-state index contributed by atoms with van der Waals surface area (Å²) in [5.41, 5.74) is 7.06. The Morgan fingerprint density at radius 1 is 1.17 bits per heavy atom. The number of ether oxygens (including phenoxy) is 2. The average molecular weight is 494 g/mol. The van der Waals surface area contributed by atoms with Gasteiger partial charge in [-0.1, -0.05) is 41.6 Å². The van der Waals surface area contributed by atoms with Gasteiger partial charge in [-0.15, -0.1) is 11.3 Å². The number of amidine groups is 1. The molecule has 5 N–H and O–H groups in total. The molecule has 11 heteroatoms. The number of hydrogen-bond donors (Lipinski definition) is 4. The number of aromatic nitrogens is 1. The van der Waals surface area contributed by atoms with Crippen LogP contribution in [0.4, 0.5) is 16.4 Å². The van der Waals surface area contributed by atoms with E-state index < -0.39 is 12.2 Å². The molecule has 2 aromatic carbocycles. The zero-order valence-electron chi connectivity index (χ0n) is 19.0. The van der Waals surface area contributed by atoms with Gasteiger partial charge >= 0.3 is 6.09 Å². The molecule has 0 aliphatic rings. The van der Waals surface area contributed by atoms with Gasteiger partial charge in [0.25, 0.3) is 5.88 Å². The van der Waals surface area contributed by atoms with Crippen molar-refractivity contribution in [3.05, 3.63) is 70.7 Å². The van der Waals surface area contributed by atoms with E-state index in [9.17, 15) is 9.59 Å². The number of nitrogens with one attached hydrogen (secondary N) is 3. The van der Waals surface area contributed by atoms with Crippen molar-refractivity contribution in [3.63, 3.8) is 0 Å². The zero-order valence-corrected chi connectivity index (χ0v) is 19.8. The van der Waals surface area contributed by atoms with Gasteiger partial charge in [0.15, 0.2) is 6.10 Å². The fraction of sp³-hybridized carbons (Fsp3) is 0.167. The molecule has 2 amide bonds. The van der Waals surface area contributed by atoms with Crippen LogP contribution < -0.4 is 21.1 Å². The predicted octanol–water partition coefficient (Wildman–Crippen LogP) is 4.81. The molecule has 0 spiro atoms. The van der Waals surface area contributed by atoms with Crippen LogP contribution >= 0.6 is 11.3 Å². The monoisotopic (exact) mass is 493 g/mol. The van der Waals surface area contributed by atoms with Crippen molar-refractivity contribution < 1.29 is 23.6 Å². The van der Waals surface area contributed by atoms with Gasteiger partial charge in [0.2, 0.25) is 5.91 Å². The van der Waals surface area contributed by atoms with Gasteiger partial charge in [-0.2, -0.15) is 0 Å². The smallest absolute Gasteiger partial charge is 0.411 e. The van der Waals surface area contributed by atoms with Crippen LogP contribution in [0, 0.1) is 12.3 Å². The maximum Gasteiger partial charge on any atom is 0.411 e. The second kappa shape index (κ2) is 10.3. The minimum absolute atomic E-state index is 0.0144. The van der Waals surface area contributed by atoms with E-state index in [0.717, 1.165) is 15.6 Å². The Kier molecular flexibility index (Phi) is 6.97. The number of carbonyl (C=O) groups is 2. The Morgan fingerprint density at radius 2 is 1.94 bits per heavy atom. The first-order valence-electron chi connectivity index (χ1n) is 10.6. The molecule has 180 valence electrons. The first-order chi connectivity index (χ1) is 16.8. The summed E-state index contributed by atoms with van der Waals surface area (Å²) in [4.78, 5) is 24.6. The molecule has 0 saturated heterocycles. The number of rotatable bonds is 8. The summed E-state index contributed by atoms with van der Waals surface area (Å²) in [5, 5.41) is 17.3. The van der Waals surface area contributed by atoms with Crippen molar-refractivity contribution in [2.24, 2.45) is 5.73 Å². The lowest BCUT2D eigenvalue weighted by atomic mass is 10.1. The number of benzene rings is 2. The summed E-state index contributed by atoms with van der Waals surface area (Å²) in [6.45, 7) is 2.84. The molecule has 1 unspecified atom stereocenters. The van der Waals surface area contributed by atoms with E-state index in [1.54, 1.807) is 6.92 Å². The van der Waals surface area contributed by atoms with Crippen molar-refractivity contribution in [2.45, 2.75) is 20.0 Å². The molecular weight excluding hydrogens is 470 g/mol. The fourth-order valence-corrected chi connectivity index (χ4v) is 4.28. The molecule has 0 radical (unpaired) electrons. The Labute approximate surface area is 204 Å². The van der Waals surface area contributed by atoms with Crippen LogP contribution in [0.2, 0.25) is 0 Å². The van der Waals surface area contributed by atoms with Gasteiger partial charge in [-0.3, -0.25) is 20.8 Å². The highest BCUT2D eigenvalue weighted by Crippen LogP contribution is 2.35. The van der Waals surface area contributed by atoms with Crippen molar-refractivity contribution in [1.82, 2.24) is 5.16 Å². The van der Waals surface area contributed by atoms with Crippen LogP contribution in [0.1, 0.15) is 29.2 Å². The molecule has 2 heterocycles. The zero-order chi connectivity index (χ0) is 24.9. The van der Waals surface area contributed by atoms with Crippen molar-refractivity contribution in [2.75, 3.05) is 17.2 Å². The number of anilines is 2. The maximum atomic E-state index is 12.6. The standard InChI is InChI=1S/C24H23N5O5S/c1-13-21(23(34-29-13)27-14(2)30)28-24(31)32-12-18(15-7-4-3-5-8-15)33-17-9-6-10-19-16(17)11-20(35-19)22(25)26/h3-11,18H,12H2,1-2H3,(H3,25,26)(H,27,30)(H,28,31). The van der Waals surface area contributed by atoms with Crippen molar-refractivity contribution in [3.8, 4) is 5.75 Å². The lowest BCUT2D eigenvalue weighted by Gasteiger charge is -2.20. The molecular formula is C24H23N5O5S. The number of fused-ring (bicyclic) bond motifs is 1. The third kappa shape index (κ3) is 5.58. The van der Waals surface area contributed by atoms with Gasteiger partial charge in [0.05, 0.1) is 4.88 Å². The summed E-state index contributed by atoms with van der Waals surface area (Å²) < 4.78 is 17.7. The van der Waals surface area contributed by atoms with Gasteiger partial charge in [-0.25, -0.2) is 4.79 Å². The van der Waals surface area contributed by atoms with Crippen LogP contribution in [0.25, 0.3) is 10.1 Å². The predicted molar refractivity (Wildman–Crippen MR) is 133 cm³/mol. The fourth-order valence-electron chi connectivity index (χ4n) is 3.34. The molecule has 0 saturated carbocycles. The summed E-state index contributed by atoms with van der Waals surface area (Å²) in [7, 11) is 0. The number of thiophene rings is 1. The Balaban J connectivity index is 1.53. The Bertz CT molecular complexity index is 1380. The second-order valence-corrected chi connectivity index (χ2v) is 8.67. The summed E-state index contributed by atoms with van der Waals surface area (Å²) in [5.74, 6) is 0.213. The largest absolute Gasteiger partial charge is 0.481 e. The van der Waals surface area contributed by atoms with E-state index in [0.29, 0.717) is 16.3 Å². The number of amides is 2. The number of carbonyl (C=O) groups excluding carboxylic acids is 2. The Morgan fingerprint density at radius 3 is 2.66 bits per heavy atom. The molecule has 0 aliphatic heterocycles. The third-order valence-corrected chi connectivity index (χ3v) is 6.11. The number of nitrogens with zero attached hydrogens (tertiary/aromatic N) is 1. The average Bonchev–Trinajstić information content (AvgIpc) is 3.42. The molecule has 2 aromatic heterocycles. The summed E-state index contributed by atoms with van der Waals surface area (Å²) in [6, 6.07) is 16.8. The molecule has 10 nitrogen and oxygen atoms in total. The van der Waals surface area contributed by atoms with Crippen LogP contribution in [-0.4, -0.2) is 29.6 Å². The topological polar surface area (TPSA) is 153 Å². The molecule has 35 heavy (non-hydrogen) atoms. The van der Waals surface area contributed by atoms with Crippen LogP contribution in [0.15, 0.2) is 59.1 Å². The number of hydrogen-bond acceptors (Lipinski definition) is 8. The van der Waals surface area contributed by atoms with E-state index >= 15 is 0 Å². The Hall–Kier alpha value is -4.38. The summed E-state index contributed by atoms with van der Waals surface area (Å²) >= 11 is 1.40. The van der Waals surface area contributed by atoms with Crippen LogP contribution in [-0.2, 0) is 9.53 Å².